The van der Waals surface area contributed by atoms with Gasteiger partial charge in [0.25, 0.3) is 0 Å². The maximum Gasteiger partial charge on any atom is -0.0289 e. The summed E-state index contributed by atoms with van der Waals surface area (Å²) in [5.41, 5.74) is 1.83. The van der Waals surface area contributed by atoms with Crippen LogP contribution >= 0.6 is 0 Å². The highest BCUT2D eigenvalue weighted by molar-refractivity contribution is 5.04. The van der Waals surface area contributed by atoms with Crippen LogP contribution in [0.25, 0.3) is 0 Å². The minimum Gasteiger partial charge on any atom is -0.0654 e. The molecule has 184 valence electrons. The lowest BCUT2D eigenvalue weighted by atomic mass is 9.60. The van der Waals surface area contributed by atoms with Crippen molar-refractivity contribution in [1.82, 2.24) is 0 Å². The highest BCUT2D eigenvalue weighted by Gasteiger charge is 2.54. The SMILES string of the molecule is CCCCCC(C)C(CCCCC(C)C)C(C)(CCC1(C)CC1C)CC1(C)CC1CC. The van der Waals surface area contributed by atoms with E-state index in [0.29, 0.717) is 16.2 Å². The van der Waals surface area contributed by atoms with Crippen LogP contribution in [0.1, 0.15) is 152 Å². The summed E-state index contributed by atoms with van der Waals surface area (Å²) < 4.78 is 0. The van der Waals surface area contributed by atoms with Crippen LogP contribution < -0.4 is 0 Å². The molecule has 0 saturated heterocycles. The zero-order valence-corrected chi connectivity index (χ0v) is 23.3. The van der Waals surface area contributed by atoms with Gasteiger partial charge in [0.15, 0.2) is 0 Å². The Morgan fingerprint density at radius 3 is 2.00 bits per heavy atom. The van der Waals surface area contributed by atoms with Gasteiger partial charge in [-0.25, -0.2) is 0 Å². The zero-order valence-electron chi connectivity index (χ0n) is 23.3. The Balaban J connectivity index is 2.15. The minimum atomic E-state index is 0.535. The van der Waals surface area contributed by atoms with E-state index in [2.05, 4.69) is 62.3 Å². The molecule has 0 aliphatic heterocycles. The van der Waals surface area contributed by atoms with E-state index >= 15 is 0 Å². The fourth-order valence-corrected chi connectivity index (χ4v) is 7.40. The molecule has 0 spiro atoms. The molecule has 0 heterocycles. The molecule has 0 aromatic heterocycles. The summed E-state index contributed by atoms with van der Waals surface area (Å²) in [5, 5.41) is 0. The maximum absolute atomic E-state index is 2.75. The van der Waals surface area contributed by atoms with Gasteiger partial charge >= 0.3 is 0 Å². The van der Waals surface area contributed by atoms with Gasteiger partial charge in [-0.3, -0.25) is 0 Å². The summed E-state index contributed by atoms with van der Waals surface area (Å²) in [6, 6.07) is 0. The molecule has 2 saturated carbocycles. The van der Waals surface area contributed by atoms with E-state index < -0.39 is 0 Å². The first-order chi connectivity index (χ1) is 14.5. The van der Waals surface area contributed by atoms with Crippen molar-refractivity contribution in [1.29, 1.82) is 0 Å². The molecule has 0 bridgehead atoms. The number of rotatable bonds is 17. The van der Waals surface area contributed by atoms with E-state index in [9.17, 15) is 0 Å². The molecule has 0 heteroatoms. The van der Waals surface area contributed by atoms with E-state index in [1.807, 2.05) is 0 Å². The monoisotopic (exact) mass is 432 g/mol. The van der Waals surface area contributed by atoms with Crippen LogP contribution in [0, 0.1) is 45.8 Å². The lowest BCUT2D eigenvalue weighted by Gasteiger charge is -2.45. The van der Waals surface area contributed by atoms with Crippen LogP contribution in [0.15, 0.2) is 0 Å². The van der Waals surface area contributed by atoms with Crippen molar-refractivity contribution in [3.8, 4) is 0 Å². The fraction of sp³-hybridized carbons (Fsp3) is 1.00. The normalized spacial score (nSPS) is 33.9. The predicted molar refractivity (Wildman–Crippen MR) is 140 cm³/mol. The highest BCUT2D eigenvalue weighted by atomic mass is 14.6. The standard InChI is InChI=1S/C31H60/c1-10-12-13-17-25(5)28(18-15-14-16-24(3)4)30(8,20-19-29(7)21-26(29)6)23-31(9)22-27(31)11-2/h24-28H,10-23H2,1-9H3. The van der Waals surface area contributed by atoms with Gasteiger partial charge in [-0.2, -0.15) is 0 Å². The quantitative estimate of drug-likeness (QED) is 0.200. The number of hydrogen-bond donors (Lipinski definition) is 0. The fourth-order valence-electron chi connectivity index (χ4n) is 7.40. The van der Waals surface area contributed by atoms with Gasteiger partial charge in [0.05, 0.1) is 0 Å². The first-order valence-corrected chi connectivity index (χ1v) is 14.5. The lowest BCUT2D eigenvalue weighted by molar-refractivity contribution is 0.0530. The molecule has 0 N–H and O–H groups in total. The van der Waals surface area contributed by atoms with Crippen LogP contribution in [-0.4, -0.2) is 0 Å². The zero-order chi connectivity index (χ0) is 23.3. The second-order valence-corrected chi connectivity index (χ2v) is 13.8. The number of unbranched alkanes of at least 4 members (excludes halogenated alkanes) is 3. The van der Waals surface area contributed by atoms with E-state index in [-0.39, 0.29) is 0 Å². The van der Waals surface area contributed by atoms with Gasteiger partial charge in [-0.1, -0.05) is 114 Å². The topological polar surface area (TPSA) is 0 Å². The van der Waals surface area contributed by atoms with Crippen molar-refractivity contribution in [2.24, 2.45) is 45.8 Å². The van der Waals surface area contributed by atoms with Crippen molar-refractivity contribution in [2.75, 3.05) is 0 Å². The second kappa shape index (κ2) is 11.4. The third-order valence-corrected chi connectivity index (χ3v) is 10.3. The van der Waals surface area contributed by atoms with Gasteiger partial charge in [-0.15, -0.1) is 0 Å². The minimum absolute atomic E-state index is 0.535. The Morgan fingerprint density at radius 2 is 1.48 bits per heavy atom. The molecule has 2 rings (SSSR count). The third-order valence-electron chi connectivity index (χ3n) is 10.3. The summed E-state index contributed by atoms with van der Waals surface area (Å²) in [5.74, 6) is 4.63. The summed E-state index contributed by atoms with van der Waals surface area (Å²) >= 11 is 0. The van der Waals surface area contributed by atoms with Crippen molar-refractivity contribution < 1.29 is 0 Å². The van der Waals surface area contributed by atoms with E-state index in [1.165, 1.54) is 89.9 Å². The Morgan fingerprint density at radius 1 is 0.871 bits per heavy atom. The van der Waals surface area contributed by atoms with E-state index in [0.717, 1.165) is 29.6 Å². The molecule has 31 heavy (non-hydrogen) atoms. The van der Waals surface area contributed by atoms with Crippen molar-refractivity contribution in [2.45, 2.75) is 152 Å². The average molecular weight is 433 g/mol. The Labute approximate surface area is 198 Å². The average Bonchev–Trinajstić information content (AvgIpc) is 3.54. The summed E-state index contributed by atoms with van der Waals surface area (Å²) in [7, 11) is 0. The first-order valence-electron chi connectivity index (χ1n) is 14.5. The van der Waals surface area contributed by atoms with Crippen LogP contribution in [0.5, 0.6) is 0 Å². The maximum atomic E-state index is 2.75. The largest absolute Gasteiger partial charge is 0.0654 e. The van der Waals surface area contributed by atoms with Crippen LogP contribution in [-0.2, 0) is 0 Å². The lowest BCUT2D eigenvalue weighted by Crippen LogP contribution is -2.35. The second-order valence-electron chi connectivity index (χ2n) is 13.8. The molecule has 2 fully saturated rings. The Hall–Kier alpha value is 0. The van der Waals surface area contributed by atoms with Crippen molar-refractivity contribution in [3.05, 3.63) is 0 Å². The molecule has 0 radical (unpaired) electrons. The molecule has 0 amide bonds. The molecular weight excluding hydrogens is 372 g/mol. The van der Waals surface area contributed by atoms with Crippen LogP contribution in [0.3, 0.4) is 0 Å². The van der Waals surface area contributed by atoms with Crippen LogP contribution in [0.2, 0.25) is 0 Å². The molecule has 0 aromatic carbocycles. The molecule has 7 unspecified atom stereocenters. The van der Waals surface area contributed by atoms with Gasteiger partial charge in [-0.05, 0) is 84.4 Å². The van der Waals surface area contributed by atoms with E-state index in [4.69, 9.17) is 0 Å². The number of hydrogen-bond acceptors (Lipinski definition) is 0. The predicted octanol–water partition coefficient (Wildman–Crippen LogP) is 10.7. The third kappa shape index (κ3) is 7.78. The summed E-state index contributed by atoms with van der Waals surface area (Å²) in [4.78, 5) is 0. The Kier molecular flexibility index (Phi) is 10.0. The van der Waals surface area contributed by atoms with Crippen molar-refractivity contribution >= 4 is 0 Å². The molecular formula is C31H60. The molecule has 0 nitrogen and oxygen atoms in total. The molecule has 2 aliphatic carbocycles. The molecule has 2 aliphatic rings. The summed E-state index contributed by atoms with van der Waals surface area (Å²) in [6.45, 7) is 22.7. The molecule has 0 aromatic rings. The van der Waals surface area contributed by atoms with Gasteiger partial charge in [0.2, 0.25) is 0 Å². The highest BCUT2D eigenvalue weighted by Crippen LogP contribution is 2.64. The molecule has 7 atom stereocenters. The van der Waals surface area contributed by atoms with E-state index in [1.54, 1.807) is 0 Å². The van der Waals surface area contributed by atoms with Crippen LogP contribution in [0.4, 0.5) is 0 Å². The van der Waals surface area contributed by atoms with Crippen molar-refractivity contribution in [3.63, 3.8) is 0 Å². The smallest absolute Gasteiger partial charge is 0.0289 e. The van der Waals surface area contributed by atoms with Gasteiger partial charge < -0.3 is 0 Å². The Bertz CT molecular complexity index is 520. The summed E-state index contributed by atoms with van der Waals surface area (Å²) in [6.07, 6.45) is 20.3. The van der Waals surface area contributed by atoms with Gasteiger partial charge in [0, 0.05) is 0 Å². The van der Waals surface area contributed by atoms with Gasteiger partial charge in [0.1, 0.15) is 0 Å². The first kappa shape index (κ1) is 27.2.